The van der Waals surface area contributed by atoms with Gasteiger partial charge >= 0.3 is 10.1 Å². The van der Waals surface area contributed by atoms with Crippen LogP contribution in [0, 0.1) is 10.1 Å². The lowest BCUT2D eigenvalue weighted by Gasteiger charge is -2.10. The van der Waals surface area contributed by atoms with Gasteiger partial charge in [0.2, 0.25) is 0 Å². The topological polar surface area (TPSA) is 137 Å². The van der Waals surface area contributed by atoms with Crippen molar-refractivity contribution in [2.45, 2.75) is 4.90 Å². The number of nitrogens with one attached hydrogen (secondary N) is 1. The van der Waals surface area contributed by atoms with E-state index in [-0.39, 0.29) is 27.5 Å². The third-order valence-corrected chi connectivity index (χ3v) is 6.52. The average molecular weight is 613 g/mol. The fourth-order valence-electron chi connectivity index (χ4n) is 2.68. The molecule has 0 bridgehead atoms. The van der Waals surface area contributed by atoms with E-state index < -0.39 is 20.9 Å². The molecule has 176 valence electrons. The van der Waals surface area contributed by atoms with Crippen molar-refractivity contribution < 1.29 is 27.1 Å². The van der Waals surface area contributed by atoms with Crippen LogP contribution in [0.15, 0.2) is 79.6 Å². The van der Waals surface area contributed by atoms with E-state index in [1.54, 1.807) is 24.3 Å². The van der Waals surface area contributed by atoms with Crippen molar-refractivity contribution in [3.8, 4) is 11.5 Å². The number of hydrogen-bond acceptors (Lipinski definition) is 8. The summed E-state index contributed by atoms with van der Waals surface area (Å²) in [5.74, 6) is -0.276. The van der Waals surface area contributed by atoms with Crippen molar-refractivity contribution in [2.24, 2.45) is 5.10 Å². The minimum Gasteiger partial charge on any atom is -0.496 e. The lowest BCUT2D eigenvalue weighted by Crippen LogP contribution is -2.18. The molecule has 1 amide bonds. The number of non-ortho nitro benzene ring substituents is 1. The van der Waals surface area contributed by atoms with Crippen LogP contribution in [0.5, 0.6) is 11.5 Å². The van der Waals surface area contributed by atoms with E-state index in [2.05, 4.69) is 42.4 Å². The van der Waals surface area contributed by atoms with Gasteiger partial charge in [0.15, 0.2) is 5.75 Å². The normalized spacial score (nSPS) is 11.3. The first-order chi connectivity index (χ1) is 16.1. The Balaban J connectivity index is 1.82. The summed E-state index contributed by atoms with van der Waals surface area (Å²) in [5, 5.41) is 14.7. The molecule has 3 aromatic rings. The number of hydrazone groups is 1. The van der Waals surface area contributed by atoms with Gasteiger partial charge in [-0.05, 0) is 48.5 Å². The van der Waals surface area contributed by atoms with Crippen LogP contribution in [0.25, 0.3) is 0 Å². The molecule has 34 heavy (non-hydrogen) atoms. The summed E-state index contributed by atoms with van der Waals surface area (Å²) >= 11 is 6.58. The molecule has 0 spiro atoms. The Morgan fingerprint density at radius 3 is 2.26 bits per heavy atom. The first-order valence-corrected chi connectivity index (χ1v) is 12.3. The van der Waals surface area contributed by atoms with Crippen molar-refractivity contribution in [2.75, 3.05) is 7.11 Å². The zero-order valence-corrected chi connectivity index (χ0v) is 21.3. The molecule has 0 heterocycles. The second kappa shape index (κ2) is 10.8. The van der Waals surface area contributed by atoms with Gasteiger partial charge in [-0.2, -0.15) is 13.5 Å². The zero-order valence-electron chi connectivity index (χ0n) is 17.3. The number of amides is 1. The van der Waals surface area contributed by atoms with Crippen LogP contribution in [-0.4, -0.2) is 32.6 Å². The highest BCUT2D eigenvalue weighted by Gasteiger charge is 2.20. The summed E-state index contributed by atoms with van der Waals surface area (Å²) in [6.07, 6.45) is 1.22. The van der Waals surface area contributed by atoms with Crippen LogP contribution in [0.2, 0.25) is 0 Å². The number of ether oxygens (including phenoxy) is 1. The average Bonchev–Trinajstić information content (AvgIpc) is 2.80. The van der Waals surface area contributed by atoms with Gasteiger partial charge in [-0.3, -0.25) is 14.9 Å². The van der Waals surface area contributed by atoms with E-state index in [1.807, 2.05) is 0 Å². The number of nitro benzene ring substituents is 1. The molecule has 0 radical (unpaired) electrons. The maximum absolute atomic E-state index is 12.7. The van der Waals surface area contributed by atoms with Crippen LogP contribution >= 0.6 is 31.9 Å². The first-order valence-electron chi connectivity index (χ1n) is 9.26. The Bertz CT molecular complexity index is 1380. The molecule has 13 heteroatoms. The number of carbonyl (C=O) groups is 1. The molecule has 0 aliphatic heterocycles. The van der Waals surface area contributed by atoms with E-state index in [9.17, 15) is 23.3 Å². The predicted octanol–water partition coefficient (Wildman–Crippen LogP) is 4.66. The minimum atomic E-state index is -4.30. The maximum atomic E-state index is 12.7. The van der Waals surface area contributed by atoms with Crippen molar-refractivity contribution in [1.82, 2.24) is 5.43 Å². The summed E-state index contributed by atoms with van der Waals surface area (Å²) in [6.45, 7) is 0. The highest BCUT2D eigenvalue weighted by Crippen LogP contribution is 2.26. The Morgan fingerprint density at radius 2 is 1.65 bits per heavy atom. The molecule has 0 aromatic heterocycles. The summed E-state index contributed by atoms with van der Waals surface area (Å²) in [5.41, 5.74) is 2.57. The van der Waals surface area contributed by atoms with E-state index >= 15 is 0 Å². The maximum Gasteiger partial charge on any atom is 0.339 e. The quantitative estimate of drug-likeness (QED) is 0.169. The number of nitro groups is 1. The standard InChI is InChI=1S/C21H15Br2N3O7S/c1-32-20-9-3-15(23)11-18(20)21(27)25-24-12-13-10-14(22)2-8-19(13)33-34(30,31)17-6-4-16(5-7-17)26(28)29/h2-12H,1H3,(H,25,27)/b24-12-. The number of hydrogen-bond donors (Lipinski definition) is 1. The van der Waals surface area contributed by atoms with Gasteiger partial charge in [0.05, 0.1) is 23.8 Å². The molecule has 0 saturated carbocycles. The third kappa shape index (κ3) is 6.18. The predicted molar refractivity (Wildman–Crippen MR) is 131 cm³/mol. The monoisotopic (exact) mass is 611 g/mol. The zero-order chi connectivity index (χ0) is 24.9. The van der Waals surface area contributed by atoms with Gasteiger partial charge in [0, 0.05) is 26.6 Å². The highest BCUT2D eigenvalue weighted by atomic mass is 79.9. The Labute approximate surface area is 211 Å². The number of halogens is 2. The SMILES string of the molecule is COc1ccc(Br)cc1C(=O)N/N=C\c1cc(Br)ccc1OS(=O)(=O)c1ccc([N+](=O)[O-])cc1. The molecule has 0 aliphatic carbocycles. The Morgan fingerprint density at radius 1 is 1.03 bits per heavy atom. The van der Waals surface area contributed by atoms with Gasteiger partial charge in [-0.1, -0.05) is 31.9 Å². The summed E-state index contributed by atoms with van der Waals surface area (Å²) in [4.78, 5) is 22.4. The summed E-state index contributed by atoms with van der Waals surface area (Å²) in [6, 6.07) is 13.7. The molecule has 3 rings (SSSR count). The fourth-order valence-corrected chi connectivity index (χ4v) is 4.37. The largest absolute Gasteiger partial charge is 0.496 e. The lowest BCUT2D eigenvalue weighted by atomic mass is 10.2. The minimum absolute atomic E-state index is 0.0698. The van der Waals surface area contributed by atoms with Gasteiger partial charge in [0.1, 0.15) is 10.6 Å². The van der Waals surface area contributed by atoms with Gasteiger partial charge in [0.25, 0.3) is 11.6 Å². The molecule has 0 fully saturated rings. The van der Waals surface area contributed by atoms with Crippen LogP contribution in [0.3, 0.4) is 0 Å². The number of benzene rings is 3. The van der Waals surface area contributed by atoms with Gasteiger partial charge in [-0.15, -0.1) is 0 Å². The van der Waals surface area contributed by atoms with E-state index in [0.717, 1.165) is 24.3 Å². The molecule has 0 saturated heterocycles. The second-order valence-corrected chi connectivity index (χ2v) is 9.89. The van der Waals surface area contributed by atoms with E-state index in [0.29, 0.717) is 14.7 Å². The fraction of sp³-hybridized carbons (Fsp3) is 0.0476. The molecular weight excluding hydrogens is 598 g/mol. The Hall–Kier alpha value is -3.29. The molecule has 0 aliphatic rings. The number of rotatable bonds is 8. The van der Waals surface area contributed by atoms with Crippen LogP contribution in [-0.2, 0) is 10.1 Å². The highest BCUT2D eigenvalue weighted by molar-refractivity contribution is 9.10. The molecule has 0 atom stereocenters. The molecule has 3 aromatic carbocycles. The van der Waals surface area contributed by atoms with E-state index in [4.69, 9.17) is 8.92 Å². The first kappa shape index (κ1) is 25.3. The van der Waals surface area contributed by atoms with Crippen molar-refractivity contribution in [3.63, 3.8) is 0 Å². The van der Waals surface area contributed by atoms with E-state index in [1.165, 1.54) is 25.5 Å². The Kier molecular flexibility index (Phi) is 8.02. The lowest BCUT2D eigenvalue weighted by molar-refractivity contribution is -0.384. The molecule has 10 nitrogen and oxygen atoms in total. The summed E-state index contributed by atoms with van der Waals surface area (Å²) < 4.78 is 37.0. The van der Waals surface area contributed by atoms with Crippen LogP contribution < -0.4 is 14.3 Å². The van der Waals surface area contributed by atoms with Gasteiger partial charge < -0.3 is 8.92 Å². The number of nitrogens with zero attached hydrogens (tertiary/aromatic N) is 2. The van der Waals surface area contributed by atoms with Gasteiger partial charge in [-0.25, -0.2) is 5.43 Å². The van der Waals surface area contributed by atoms with Crippen LogP contribution in [0.4, 0.5) is 5.69 Å². The molecular formula is C21H15Br2N3O7S. The smallest absolute Gasteiger partial charge is 0.339 e. The number of methoxy groups -OCH3 is 1. The number of carbonyl (C=O) groups excluding carboxylic acids is 1. The third-order valence-electron chi connectivity index (χ3n) is 4.28. The van der Waals surface area contributed by atoms with Crippen molar-refractivity contribution in [1.29, 1.82) is 0 Å². The second-order valence-electron chi connectivity index (χ2n) is 6.51. The van der Waals surface area contributed by atoms with Crippen LogP contribution in [0.1, 0.15) is 15.9 Å². The van der Waals surface area contributed by atoms with Crippen molar-refractivity contribution >= 4 is 59.8 Å². The molecule has 0 unspecified atom stereocenters. The summed E-state index contributed by atoms with van der Waals surface area (Å²) in [7, 11) is -2.87. The molecule has 1 N–H and O–H groups in total. The van der Waals surface area contributed by atoms with Crippen molar-refractivity contribution in [3.05, 3.63) is 90.9 Å².